The highest BCUT2D eigenvalue weighted by Crippen LogP contribution is 2.18. The fourth-order valence-corrected chi connectivity index (χ4v) is 1.57. The molecule has 82 valence electrons. The summed E-state index contributed by atoms with van der Waals surface area (Å²) in [4.78, 5) is 8.61. The molecule has 1 N–H and O–H groups in total. The van der Waals surface area contributed by atoms with Crippen LogP contribution in [-0.4, -0.2) is 16.5 Å². The molecule has 0 radical (unpaired) electrons. The summed E-state index contributed by atoms with van der Waals surface area (Å²) >= 11 is 0. The summed E-state index contributed by atoms with van der Waals surface area (Å²) < 4.78 is 0. The first-order chi connectivity index (χ1) is 7.79. The minimum Gasteiger partial charge on any atom is -0.354 e. The van der Waals surface area contributed by atoms with Gasteiger partial charge in [0.2, 0.25) is 5.95 Å². The molecule has 0 unspecified atom stereocenters. The van der Waals surface area contributed by atoms with Crippen molar-refractivity contribution < 1.29 is 0 Å². The molecule has 0 bridgehead atoms. The van der Waals surface area contributed by atoms with Crippen LogP contribution >= 0.6 is 0 Å². The van der Waals surface area contributed by atoms with Gasteiger partial charge in [-0.1, -0.05) is 23.8 Å². The zero-order valence-electron chi connectivity index (χ0n) is 9.57. The lowest BCUT2D eigenvalue weighted by molar-refractivity contribution is 1.09. The van der Waals surface area contributed by atoms with Gasteiger partial charge in [0, 0.05) is 18.3 Å². The van der Waals surface area contributed by atoms with E-state index in [1.54, 1.807) is 6.20 Å². The summed E-state index contributed by atoms with van der Waals surface area (Å²) in [5.74, 6) is 0.682. The number of rotatable bonds is 3. The number of anilines is 1. The fourth-order valence-electron chi connectivity index (χ4n) is 1.57. The molecule has 0 amide bonds. The maximum absolute atomic E-state index is 4.45. The maximum Gasteiger partial charge on any atom is 0.223 e. The minimum atomic E-state index is 0.682. The molecule has 0 fully saturated rings. The van der Waals surface area contributed by atoms with E-state index in [0.29, 0.717) is 5.95 Å². The first-order valence-corrected chi connectivity index (χ1v) is 5.43. The van der Waals surface area contributed by atoms with Crippen molar-refractivity contribution in [2.24, 2.45) is 0 Å². The highest BCUT2D eigenvalue weighted by Gasteiger charge is 2.01. The van der Waals surface area contributed by atoms with Crippen molar-refractivity contribution in [3.8, 4) is 11.3 Å². The number of aromatic nitrogens is 2. The third-order valence-electron chi connectivity index (χ3n) is 2.30. The van der Waals surface area contributed by atoms with Crippen LogP contribution in [0.2, 0.25) is 0 Å². The van der Waals surface area contributed by atoms with Gasteiger partial charge in [0.15, 0.2) is 0 Å². The Morgan fingerprint density at radius 3 is 2.88 bits per heavy atom. The number of benzene rings is 1. The molecule has 3 heteroatoms. The monoisotopic (exact) mass is 213 g/mol. The summed E-state index contributed by atoms with van der Waals surface area (Å²) in [6.07, 6.45) is 1.78. The SMILES string of the molecule is CCNc1nccc(-c2cccc(C)c2)n1. The highest BCUT2D eigenvalue weighted by molar-refractivity contribution is 5.60. The van der Waals surface area contributed by atoms with Crippen LogP contribution in [0.1, 0.15) is 12.5 Å². The Bertz CT molecular complexity index is 480. The Morgan fingerprint density at radius 1 is 1.25 bits per heavy atom. The van der Waals surface area contributed by atoms with E-state index >= 15 is 0 Å². The Morgan fingerprint density at radius 2 is 2.12 bits per heavy atom. The predicted molar refractivity (Wildman–Crippen MR) is 66.4 cm³/mol. The second-order valence-corrected chi connectivity index (χ2v) is 3.67. The van der Waals surface area contributed by atoms with E-state index in [0.717, 1.165) is 17.8 Å². The van der Waals surface area contributed by atoms with Crippen molar-refractivity contribution in [1.82, 2.24) is 9.97 Å². The molecule has 0 saturated heterocycles. The van der Waals surface area contributed by atoms with E-state index < -0.39 is 0 Å². The average molecular weight is 213 g/mol. The first kappa shape index (κ1) is 10.6. The summed E-state index contributed by atoms with van der Waals surface area (Å²) in [7, 11) is 0. The Balaban J connectivity index is 2.36. The lowest BCUT2D eigenvalue weighted by Crippen LogP contribution is -2.02. The van der Waals surface area contributed by atoms with Gasteiger partial charge in [0.1, 0.15) is 0 Å². The van der Waals surface area contributed by atoms with Crippen LogP contribution in [0.15, 0.2) is 36.5 Å². The van der Waals surface area contributed by atoms with Gasteiger partial charge in [-0.3, -0.25) is 0 Å². The third-order valence-corrected chi connectivity index (χ3v) is 2.30. The number of hydrogen-bond acceptors (Lipinski definition) is 3. The molecule has 3 nitrogen and oxygen atoms in total. The van der Waals surface area contributed by atoms with Gasteiger partial charge in [-0.25, -0.2) is 9.97 Å². The van der Waals surface area contributed by atoms with E-state index in [4.69, 9.17) is 0 Å². The van der Waals surface area contributed by atoms with Crippen LogP contribution < -0.4 is 5.32 Å². The fraction of sp³-hybridized carbons (Fsp3) is 0.231. The van der Waals surface area contributed by atoms with E-state index in [-0.39, 0.29) is 0 Å². The quantitative estimate of drug-likeness (QED) is 0.851. The third kappa shape index (κ3) is 2.37. The van der Waals surface area contributed by atoms with Crippen LogP contribution in [0.25, 0.3) is 11.3 Å². The minimum absolute atomic E-state index is 0.682. The standard InChI is InChI=1S/C13H15N3/c1-3-14-13-15-8-7-12(16-13)11-6-4-5-10(2)9-11/h4-9H,3H2,1-2H3,(H,14,15,16). The van der Waals surface area contributed by atoms with Crippen LogP contribution in [0, 0.1) is 6.92 Å². The zero-order chi connectivity index (χ0) is 11.4. The number of nitrogens with one attached hydrogen (secondary N) is 1. The van der Waals surface area contributed by atoms with Crippen molar-refractivity contribution in [2.45, 2.75) is 13.8 Å². The van der Waals surface area contributed by atoms with Gasteiger partial charge < -0.3 is 5.32 Å². The topological polar surface area (TPSA) is 37.8 Å². The molecule has 0 aliphatic carbocycles. The number of nitrogens with zero attached hydrogens (tertiary/aromatic N) is 2. The summed E-state index contributed by atoms with van der Waals surface area (Å²) in [5.41, 5.74) is 3.32. The van der Waals surface area contributed by atoms with E-state index in [2.05, 4.69) is 40.4 Å². The zero-order valence-corrected chi connectivity index (χ0v) is 9.57. The molecular formula is C13H15N3. The second kappa shape index (κ2) is 4.75. The average Bonchev–Trinajstić information content (AvgIpc) is 2.30. The Labute approximate surface area is 95.6 Å². The molecule has 1 aromatic heterocycles. The molecule has 16 heavy (non-hydrogen) atoms. The molecule has 0 atom stereocenters. The lowest BCUT2D eigenvalue weighted by atomic mass is 10.1. The molecule has 0 aliphatic heterocycles. The van der Waals surface area contributed by atoms with Crippen molar-refractivity contribution in [3.63, 3.8) is 0 Å². The van der Waals surface area contributed by atoms with Crippen LogP contribution in [-0.2, 0) is 0 Å². The van der Waals surface area contributed by atoms with Crippen molar-refractivity contribution >= 4 is 5.95 Å². The van der Waals surface area contributed by atoms with Gasteiger partial charge >= 0.3 is 0 Å². The van der Waals surface area contributed by atoms with Crippen LogP contribution in [0.3, 0.4) is 0 Å². The summed E-state index contributed by atoms with van der Waals surface area (Å²) in [5, 5.41) is 3.11. The van der Waals surface area contributed by atoms with Gasteiger partial charge in [-0.15, -0.1) is 0 Å². The predicted octanol–water partition coefficient (Wildman–Crippen LogP) is 2.88. The summed E-state index contributed by atoms with van der Waals surface area (Å²) in [6.45, 7) is 4.94. The molecule has 1 aromatic carbocycles. The molecule has 2 rings (SSSR count). The Kier molecular flexibility index (Phi) is 3.15. The normalized spacial score (nSPS) is 10.1. The lowest BCUT2D eigenvalue weighted by Gasteiger charge is -2.05. The smallest absolute Gasteiger partial charge is 0.223 e. The van der Waals surface area contributed by atoms with Crippen molar-refractivity contribution in [3.05, 3.63) is 42.1 Å². The molecule has 1 heterocycles. The van der Waals surface area contributed by atoms with E-state index in [9.17, 15) is 0 Å². The first-order valence-electron chi connectivity index (χ1n) is 5.43. The Hall–Kier alpha value is -1.90. The van der Waals surface area contributed by atoms with Gasteiger partial charge in [-0.2, -0.15) is 0 Å². The summed E-state index contributed by atoms with van der Waals surface area (Å²) in [6, 6.07) is 10.2. The number of hydrogen-bond donors (Lipinski definition) is 1. The number of aryl methyl sites for hydroxylation is 1. The van der Waals surface area contributed by atoms with Gasteiger partial charge in [0.05, 0.1) is 5.69 Å². The molecule has 0 saturated carbocycles. The maximum atomic E-state index is 4.45. The molecule has 0 spiro atoms. The van der Waals surface area contributed by atoms with Crippen LogP contribution in [0.5, 0.6) is 0 Å². The highest BCUT2D eigenvalue weighted by atomic mass is 15.1. The largest absolute Gasteiger partial charge is 0.354 e. The van der Waals surface area contributed by atoms with Gasteiger partial charge in [-0.05, 0) is 26.0 Å². The molecular weight excluding hydrogens is 198 g/mol. The van der Waals surface area contributed by atoms with Crippen molar-refractivity contribution in [2.75, 3.05) is 11.9 Å². The van der Waals surface area contributed by atoms with E-state index in [1.165, 1.54) is 5.56 Å². The van der Waals surface area contributed by atoms with Crippen molar-refractivity contribution in [1.29, 1.82) is 0 Å². The second-order valence-electron chi connectivity index (χ2n) is 3.67. The van der Waals surface area contributed by atoms with Gasteiger partial charge in [0.25, 0.3) is 0 Å². The van der Waals surface area contributed by atoms with E-state index in [1.807, 2.05) is 19.1 Å². The van der Waals surface area contributed by atoms with Crippen LogP contribution in [0.4, 0.5) is 5.95 Å². The molecule has 0 aliphatic rings. The molecule has 2 aromatic rings.